The van der Waals surface area contributed by atoms with Crippen LogP contribution < -0.4 is 9.64 Å². The number of likely N-dealkylation sites (N-methyl/N-ethyl adjacent to an activating group) is 1. The predicted molar refractivity (Wildman–Crippen MR) is 98.4 cm³/mol. The molecule has 2 aromatic rings. The second-order valence-corrected chi connectivity index (χ2v) is 5.99. The number of methoxy groups -OCH3 is 1. The van der Waals surface area contributed by atoms with Gasteiger partial charge in [-0.2, -0.15) is 13.2 Å². The van der Waals surface area contributed by atoms with Gasteiger partial charge in [-0.05, 0) is 31.2 Å². The lowest BCUT2D eigenvalue weighted by Gasteiger charge is -2.28. The summed E-state index contributed by atoms with van der Waals surface area (Å²) in [5.74, 6) is -1.76. The van der Waals surface area contributed by atoms with Crippen LogP contribution in [0, 0.1) is 0 Å². The van der Waals surface area contributed by atoms with Crippen LogP contribution in [0.15, 0.2) is 54.6 Å². The number of hydrogen-bond donors (Lipinski definition) is 1. The fourth-order valence-electron chi connectivity index (χ4n) is 2.67. The predicted octanol–water partition coefficient (Wildman–Crippen LogP) is 3.04. The van der Waals surface area contributed by atoms with Gasteiger partial charge in [0.15, 0.2) is 6.61 Å². The molecular weight excluding hydrogens is 391 g/mol. The van der Waals surface area contributed by atoms with Crippen molar-refractivity contribution in [1.29, 1.82) is 0 Å². The van der Waals surface area contributed by atoms with Crippen molar-refractivity contribution in [2.24, 2.45) is 0 Å². The van der Waals surface area contributed by atoms with Crippen molar-refractivity contribution in [2.45, 2.75) is 18.7 Å². The molecule has 2 aromatic carbocycles. The van der Waals surface area contributed by atoms with Gasteiger partial charge < -0.3 is 19.5 Å². The minimum atomic E-state index is -5.29. The maximum absolute atomic E-state index is 13.3. The van der Waals surface area contributed by atoms with E-state index in [2.05, 4.69) is 4.74 Å². The molecule has 0 heterocycles. The summed E-state index contributed by atoms with van der Waals surface area (Å²) in [4.78, 5) is 25.4. The quantitative estimate of drug-likeness (QED) is 0.709. The van der Waals surface area contributed by atoms with E-state index in [4.69, 9.17) is 4.74 Å². The fraction of sp³-hybridized carbons (Fsp3) is 0.300. The molecule has 9 heteroatoms. The highest BCUT2D eigenvalue weighted by Gasteiger charge is 2.62. The Bertz CT molecular complexity index is 839. The van der Waals surface area contributed by atoms with E-state index in [0.29, 0.717) is 5.75 Å². The molecule has 0 fully saturated rings. The standard InChI is InChI=1S/C20H20F3NO5/c1-3-24(17(25)13-29-16-7-5-4-6-8-16)15-11-9-14(10-12-15)19(27,18(26)28-2)20(21,22)23/h4-12,27H,3,13H2,1-2H3/t19-/m1/s1. The van der Waals surface area contributed by atoms with Crippen LogP contribution in [-0.2, 0) is 19.9 Å². The van der Waals surface area contributed by atoms with Gasteiger partial charge in [0.2, 0.25) is 0 Å². The third kappa shape index (κ3) is 4.68. The Balaban J connectivity index is 2.22. The van der Waals surface area contributed by atoms with E-state index in [1.165, 1.54) is 17.0 Å². The SMILES string of the molecule is CCN(C(=O)COc1ccccc1)c1ccc([C@@](O)(C(=O)OC)C(F)(F)F)cc1. The molecule has 0 aliphatic rings. The van der Waals surface area contributed by atoms with Crippen molar-refractivity contribution in [3.05, 3.63) is 60.2 Å². The van der Waals surface area contributed by atoms with E-state index in [1.54, 1.807) is 37.3 Å². The molecule has 0 unspecified atom stereocenters. The molecule has 29 heavy (non-hydrogen) atoms. The summed E-state index contributed by atoms with van der Waals surface area (Å²) in [7, 11) is 0.748. The van der Waals surface area contributed by atoms with E-state index in [9.17, 15) is 27.9 Å². The van der Waals surface area contributed by atoms with E-state index in [0.717, 1.165) is 19.2 Å². The van der Waals surface area contributed by atoms with Crippen LogP contribution in [0.3, 0.4) is 0 Å². The maximum atomic E-state index is 13.3. The van der Waals surface area contributed by atoms with E-state index in [1.807, 2.05) is 0 Å². The van der Waals surface area contributed by atoms with Gasteiger partial charge in [-0.3, -0.25) is 4.79 Å². The smallest absolute Gasteiger partial charge is 0.432 e. The van der Waals surface area contributed by atoms with Gasteiger partial charge in [0, 0.05) is 17.8 Å². The Labute approximate surface area is 165 Å². The Kier molecular flexibility index (Phi) is 6.86. The number of carbonyl (C=O) groups is 2. The number of nitrogens with zero attached hydrogens (tertiary/aromatic N) is 1. The average molecular weight is 411 g/mol. The van der Waals surface area contributed by atoms with E-state index >= 15 is 0 Å². The van der Waals surface area contributed by atoms with Crippen LogP contribution in [0.1, 0.15) is 12.5 Å². The lowest BCUT2D eigenvalue weighted by atomic mass is 9.93. The first-order valence-electron chi connectivity index (χ1n) is 8.61. The first kappa shape index (κ1) is 22.2. The second kappa shape index (κ2) is 8.95. The molecule has 2 rings (SSSR count). The number of amides is 1. The monoisotopic (exact) mass is 411 g/mol. The molecule has 0 aliphatic heterocycles. The Morgan fingerprint density at radius 3 is 2.10 bits per heavy atom. The zero-order valence-corrected chi connectivity index (χ0v) is 15.8. The molecule has 0 radical (unpaired) electrons. The van der Waals surface area contributed by atoms with Gasteiger partial charge in [0.05, 0.1) is 7.11 Å². The van der Waals surface area contributed by atoms with Gasteiger partial charge in [-0.25, -0.2) is 4.79 Å². The first-order valence-corrected chi connectivity index (χ1v) is 8.61. The highest BCUT2D eigenvalue weighted by atomic mass is 19.4. The number of aliphatic hydroxyl groups is 1. The molecular formula is C20H20F3NO5. The Hall–Kier alpha value is -3.07. The topological polar surface area (TPSA) is 76.1 Å². The molecule has 1 N–H and O–H groups in total. The Morgan fingerprint density at radius 2 is 1.62 bits per heavy atom. The number of ether oxygens (including phenoxy) is 2. The van der Waals surface area contributed by atoms with Crippen LogP contribution in [0.5, 0.6) is 5.75 Å². The summed E-state index contributed by atoms with van der Waals surface area (Å²) in [5, 5.41) is 9.99. The number of anilines is 1. The molecule has 0 aliphatic carbocycles. The number of esters is 1. The normalized spacial score (nSPS) is 13.3. The summed E-state index contributed by atoms with van der Waals surface area (Å²) in [6.45, 7) is 1.65. The average Bonchev–Trinajstić information content (AvgIpc) is 2.72. The van der Waals surface area contributed by atoms with E-state index < -0.39 is 29.2 Å². The summed E-state index contributed by atoms with van der Waals surface area (Å²) in [5.41, 5.74) is -4.24. The first-order chi connectivity index (χ1) is 13.6. The van der Waals surface area contributed by atoms with Crippen molar-refractivity contribution in [1.82, 2.24) is 0 Å². The lowest BCUT2D eigenvalue weighted by Crippen LogP contribution is -2.49. The number of carbonyl (C=O) groups excluding carboxylic acids is 2. The third-order valence-electron chi connectivity index (χ3n) is 4.21. The van der Waals surface area contributed by atoms with Crippen molar-refractivity contribution >= 4 is 17.6 Å². The van der Waals surface area contributed by atoms with Crippen LogP contribution in [0.2, 0.25) is 0 Å². The van der Waals surface area contributed by atoms with Crippen LogP contribution >= 0.6 is 0 Å². The molecule has 1 atom stereocenters. The molecule has 0 saturated carbocycles. The largest absolute Gasteiger partial charge is 0.484 e. The maximum Gasteiger partial charge on any atom is 0.432 e. The van der Waals surface area contributed by atoms with E-state index in [-0.39, 0.29) is 18.8 Å². The zero-order valence-electron chi connectivity index (χ0n) is 15.8. The lowest BCUT2D eigenvalue weighted by molar-refractivity contribution is -0.266. The highest BCUT2D eigenvalue weighted by molar-refractivity contribution is 5.94. The van der Waals surface area contributed by atoms with Crippen LogP contribution in [0.4, 0.5) is 18.9 Å². The van der Waals surface area contributed by atoms with Crippen molar-refractivity contribution in [3.63, 3.8) is 0 Å². The number of benzene rings is 2. The minimum absolute atomic E-state index is 0.233. The van der Waals surface area contributed by atoms with Crippen molar-refractivity contribution in [3.8, 4) is 5.75 Å². The molecule has 1 amide bonds. The molecule has 0 bridgehead atoms. The van der Waals surface area contributed by atoms with Gasteiger partial charge in [-0.15, -0.1) is 0 Å². The molecule has 0 aromatic heterocycles. The number of hydrogen-bond acceptors (Lipinski definition) is 5. The molecule has 0 spiro atoms. The Morgan fingerprint density at radius 1 is 1.03 bits per heavy atom. The van der Waals surface area contributed by atoms with Gasteiger partial charge in [0.1, 0.15) is 5.75 Å². The van der Waals surface area contributed by atoms with Crippen LogP contribution in [0.25, 0.3) is 0 Å². The summed E-state index contributed by atoms with van der Waals surface area (Å²) in [6.07, 6.45) is -5.29. The van der Waals surface area contributed by atoms with Gasteiger partial charge in [0.25, 0.3) is 11.5 Å². The molecule has 0 saturated heterocycles. The van der Waals surface area contributed by atoms with Crippen molar-refractivity contribution in [2.75, 3.05) is 25.2 Å². The highest BCUT2D eigenvalue weighted by Crippen LogP contribution is 2.40. The zero-order chi connectivity index (χ0) is 21.7. The minimum Gasteiger partial charge on any atom is -0.484 e. The third-order valence-corrected chi connectivity index (χ3v) is 4.21. The fourth-order valence-corrected chi connectivity index (χ4v) is 2.67. The molecule has 156 valence electrons. The summed E-state index contributed by atoms with van der Waals surface area (Å²) < 4.78 is 49.4. The number of halogens is 3. The number of para-hydroxylation sites is 1. The summed E-state index contributed by atoms with van der Waals surface area (Å²) in [6, 6.07) is 12.9. The number of alkyl halides is 3. The molecule has 6 nitrogen and oxygen atoms in total. The van der Waals surface area contributed by atoms with Gasteiger partial charge >= 0.3 is 12.1 Å². The van der Waals surface area contributed by atoms with Crippen LogP contribution in [-0.4, -0.2) is 43.4 Å². The second-order valence-electron chi connectivity index (χ2n) is 5.99. The summed E-state index contributed by atoms with van der Waals surface area (Å²) >= 11 is 0. The van der Waals surface area contributed by atoms with Gasteiger partial charge in [-0.1, -0.05) is 30.3 Å². The van der Waals surface area contributed by atoms with Crippen molar-refractivity contribution < 1.29 is 37.3 Å². The number of rotatable bonds is 7.